The Morgan fingerprint density at radius 1 is 1.50 bits per heavy atom. The number of nitrogens with zero attached hydrogens (tertiary/aromatic N) is 3. The molecule has 16 heavy (non-hydrogen) atoms. The van der Waals surface area contributed by atoms with Crippen molar-refractivity contribution in [2.75, 3.05) is 0 Å². The maximum Gasteiger partial charge on any atom is 0.337 e. The Balaban J connectivity index is 2.23. The molecule has 1 aliphatic carbocycles. The minimum atomic E-state index is -1.05. The second-order valence-corrected chi connectivity index (χ2v) is 4.30. The lowest BCUT2D eigenvalue weighted by Crippen LogP contribution is -1.99. The fraction of sp³-hybridized carbons (Fsp3) is 0.300. The number of aromatic carboxylic acids is 1. The third kappa shape index (κ3) is 1.36. The van der Waals surface area contributed by atoms with E-state index in [-0.39, 0.29) is 10.6 Å². The summed E-state index contributed by atoms with van der Waals surface area (Å²) in [5.41, 5.74) is 1.45. The standard InChI is InChI=1S/C10H8ClN3O2/c11-7-4-9-8(3-6(7)10(15)16)12-13-14(9)5-1-2-5/h3-5H,1-2H2,(H,15,16). The summed E-state index contributed by atoms with van der Waals surface area (Å²) in [6.07, 6.45) is 2.19. The highest BCUT2D eigenvalue weighted by atomic mass is 35.5. The lowest BCUT2D eigenvalue weighted by molar-refractivity contribution is 0.0697. The zero-order chi connectivity index (χ0) is 11.3. The summed E-state index contributed by atoms with van der Waals surface area (Å²) in [4.78, 5) is 10.9. The van der Waals surface area contributed by atoms with Crippen LogP contribution in [0.1, 0.15) is 29.2 Å². The van der Waals surface area contributed by atoms with Gasteiger partial charge in [0.15, 0.2) is 0 Å². The monoisotopic (exact) mass is 237 g/mol. The van der Waals surface area contributed by atoms with Crippen LogP contribution in [0.2, 0.25) is 5.02 Å². The first-order valence-corrected chi connectivity index (χ1v) is 5.32. The van der Waals surface area contributed by atoms with Crippen molar-refractivity contribution in [2.24, 2.45) is 0 Å². The molecule has 1 aliphatic rings. The Hall–Kier alpha value is -1.62. The molecule has 0 atom stereocenters. The number of halogens is 1. The van der Waals surface area contributed by atoms with Gasteiger partial charge in [-0.15, -0.1) is 5.10 Å². The molecular weight excluding hydrogens is 230 g/mol. The molecule has 1 N–H and O–H groups in total. The summed E-state index contributed by atoms with van der Waals surface area (Å²) >= 11 is 5.90. The van der Waals surface area contributed by atoms with Gasteiger partial charge in [-0.25, -0.2) is 9.48 Å². The lowest BCUT2D eigenvalue weighted by atomic mass is 10.2. The number of aromatic nitrogens is 3. The van der Waals surface area contributed by atoms with Crippen LogP contribution in [0.25, 0.3) is 11.0 Å². The van der Waals surface area contributed by atoms with Gasteiger partial charge in [-0.3, -0.25) is 0 Å². The van der Waals surface area contributed by atoms with Gasteiger partial charge in [0.1, 0.15) is 5.52 Å². The number of carboxylic acid groups (broad SMARTS) is 1. The molecular formula is C10H8ClN3O2. The van der Waals surface area contributed by atoms with Gasteiger partial charge < -0.3 is 5.11 Å². The molecule has 3 rings (SSSR count). The van der Waals surface area contributed by atoms with Crippen LogP contribution in [0.5, 0.6) is 0 Å². The van der Waals surface area contributed by atoms with Gasteiger partial charge in [-0.2, -0.15) is 0 Å². The Morgan fingerprint density at radius 3 is 2.88 bits per heavy atom. The van der Waals surface area contributed by atoms with Gasteiger partial charge in [-0.1, -0.05) is 16.8 Å². The first-order valence-electron chi connectivity index (χ1n) is 4.94. The van der Waals surface area contributed by atoms with E-state index < -0.39 is 5.97 Å². The third-order valence-corrected chi connectivity index (χ3v) is 3.00. The molecule has 82 valence electrons. The molecule has 0 radical (unpaired) electrons. The quantitative estimate of drug-likeness (QED) is 0.869. The molecule has 1 saturated carbocycles. The van der Waals surface area contributed by atoms with Gasteiger partial charge >= 0.3 is 5.97 Å². The molecule has 5 nitrogen and oxygen atoms in total. The molecule has 0 unspecified atom stereocenters. The predicted molar refractivity (Wildman–Crippen MR) is 57.8 cm³/mol. The van der Waals surface area contributed by atoms with Gasteiger partial charge in [0.25, 0.3) is 0 Å². The number of carbonyl (C=O) groups is 1. The van der Waals surface area contributed by atoms with Crippen molar-refractivity contribution in [2.45, 2.75) is 18.9 Å². The summed E-state index contributed by atoms with van der Waals surface area (Å²) in [5, 5.41) is 17.1. The Labute approximate surface area is 95.6 Å². The summed E-state index contributed by atoms with van der Waals surface area (Å²) < 4.78 is 1.81. The molecule has 0 bridgehead atoms. The van der Waals surface area contributed by atoms with Crippen molar-refractivity contribution >= 4 is 28.6 Å². The van der Waals surface area contributed by atoms with E-state index in [1.807, 2.05) is 4.68 Å². The normalized spacial score (nSPS) is 15.6. The molecule has 0 saturated heterocycles. The van der Waals surface area contributed by atoms with Crippen molar-refractivity contribution in [3.8, 4) is 0 Å². The molecule has 1 aromatic heterocycles. The number of carboxylic acids is 1. The molecule has 1 heterocycles. The largest absolute Gasteiger partial charge is 0.478 e. The van der Waals surface area contributed by atoms with Crippen LogP contribution in [0, 0.1) is 0 Å². The molecule has 1 fully saturated rings. The van der Waals surface area contributed by atoms with E-state index in [0.29, 0.717) is 11.6 Å². The van der Waals surface area contributed by atoms with Crippen LogP contribution in [-0.4, -0.2) is 26.1 Å². The lowest BCUT2D eigenvalue weighted by Gasteiger charge is -2.01. The molecule has 6 heteroatoms. The maximum atomic E-state index is 10.9. The van der Waals surface area contributed by atoms with Crippen molar-refractivity contribution in [3.63, 3.8) is 0 Å². The first-order chi connectivity index (χ1) is 7.66. The first kappa shape index (κ1) is 9.59. The molecule has 0 amide bonds. The highest BCUT2D eigenvalue weighted by molar-refractivity contribution is 6.34. The van der Waals surface area contributed by atoms with E-state index >= 15 is 0 Å². The van der Waals surface area contributed by atoms with Crippen LogP contribution in [0.4, 0.5) is 0 Å². The number of rotatable bonds is 2. The molecule has 0 aliphatic heterocycles. The van der Waals surface area contributed by atoms with Crippen LogP contribution in [0.15, 0.2) is 12.1 Å². The van der Waals surface area contributed by atoms with E-state index in [1.165, 1.54) is 6.07 Å². The Morgan fingerprint density at radius 2 is 2.25 bits per heavy atom. The Kier molecular flexibility index (Phi) is 1.91. The minimum Gasteiger partial charge on any atom is -0.478 e. The van der Waals surface area contributed by atoms with E-state index in [1.54, 1.807) is 6.07 Å². The zero-order valence-corrected chi connectivity index (χ0v) is 8.98. The highest BCUT2D eigenvalue weighted by Gasteiger charge is 2.27. The number of fused-ring (bicyclic) bond motifs is 1. The van der Waals surface area contributed by atoms with Crippen molar-refractivity contribution in [1.29, 1.82) is 0 Å². The molecule has 1 aromatic carbocycles. The van der Waals surface area contributed by atoms with Crippen LogP contribution < -0.4 is 0 Å². The average Bonchev–Trinajstić information content (AvgIpc) is 2.99. The van der Waals surface area contributed by atoms with Crippen LogP contribution in [0.3, 0.4) is 0 Å². The smallest absolute Gasteiger partial charge is 0.337 e. The van der Waals surface area contributed by atoms with E-state index in [0.717, 1.165) is 18.4 Å². The summed E-state index contributed by atoms with van der Waals surface area (Å²) in [6, 6.07) is 3.49. The number of benzene rings is 1. The fourth-order valence-electron chi connectivity index (χ4n) is 1.71. The van der Waals surface area contributed by atoms with E-state index in [2.05, 4.69) is 10.3 Å². The average molecular weight is 238 g/mol. The second-order valence-electron chi connectivity index (χ2n) is 3.89. The van der Waals surface area contributed by atoms with Crippen molar-refractivity contribution < 1.29 is 9.90 Å². The maximum absolute atomic E-state index is 10.9. The topological polar surface area (TPSA) is 68.0 Å². The minimum absolute atomic E-state index is 0.0667. The predicted octanol–water partition coefficient (Wildman–Crippen LogP) is 2.12. The van der Waals surface area contributed by atoms with E-state index in [4.69, 9.17) is 16.7 Å². The van der Waals surface area contributed by atoms with Gasteiger partial charge in [0.2, 0.25) is 0 Å². The SMILES string of the molecule is O=C(O)c1cc2nnn(C3CC3)c2cc1Cl. The van der Waals surface area contributed by atoms with Gasteiger partial charge in [0, 0.05) is 0 Å². The van der Waals surface area contributed by atoms with Crippen molar-refractivity contribution in [1.82, 2.24) is 15.0 Å². The fourth-order valence-corrected chi connectivity index (χ4v) is 1.95. The zero-order valence-electron chi connectivity index (χ0n) is 8.22. The molecule has 2 aromatic rings. The van der Waals surface area contributed by atoms with Crippen molar-refractivity contribution in [3.05, 3.63) is 22.7 Å². The Bertz CT molecular complexity index is 589. The highest BCUT2D eigenvalue weighted by Crippen LogP contribution is 2.36. The summed E-state index contributed by atoms with van der Waals surface area (Å²) in [7, 11) is 0. The number of hydrogen-bond donors (Lipinski definition) is 1. The number of hydrogen-bond acceptors (Lipinski definition) is 3. The molecule has 0 spiro atoms. The third-order valence-electron chi connectivity index (χ3n) is 2.68. The second kappa shape index (κ2) is 3.18. The van der Waals surface area contributed by atoms with Gasteiger partial charge in [0.05, 0.1) is 22.1 Å². The van der Waals surface area contributed by atoms with Gasteiger partial charge in [-0.05, 0) is 25.0 Å². The summed E-state index contributed by atoms with van der Waals surface area (Å²) in [6.45, 7) is 0. The van der Waals surface area contributed by atoms with E-state index in [9.17, 15) is 4.79 Å². The summed E-state index contributed by atoms with van der Waals surface area (Å²) in [5.74, 6) is -1.05. The van der Waals surface area contributed by atoms with Crippen LogP contribution in [-0.2, 0) is 0 Å². The van der Waals surface area contributed by atoms with Crippen LogP contribution >= 0.6 is 11.6 Å².